The third kappa shape index (κ3) is 11.1. The van der Waals surface area contributed by atoms with Crippen molar-refractivity contribution >= 4 is 28.7 Å². The molecular formula is C31H63OSi4. The summed E-state index contributed by atoms with van der Waals surface area (Å²) in [6, 6.07) is 1.86. The third-order valence-electron chi connectivity index (χ3n) is 9.72. The van der Waals surface area contributed by atoms with Gasteiger partial charge in [-0.25, -0.2) is 0 Å². The lowest BCUT2D eigenvalue weighted by Gasteiger charge is -2.29. The Morgan fingerprint density at radius 1 is 0.417 bits per heavy atom. The molecule has 4 aliphatic heterocycles. The lowest BCUT2D eigenvalue weighted by molar-refractivity contribution is 0.00704. The van der Waals surface area contributed by atoms with Gasteiger partial charge in [-0.3, -0.25) is 0 Å². The van der Waals surface area contributed by atoms with Crippen LogP contribution < -0.4 is 0 Å². The maximum atomic E-state index is 11.5. The summed E-state index contributed by atoms with van der Waals surface area (Å²) in [7, 11) is 2.21. The first-order chi connectivity index (χ1) is 17.7. The third-order valence-corrected chi connectivity index (χ3v) is 99.9. The monoisotopic (exact) mass is 563 g/mol. The zero-order valence-electron chi connectivity index (χ0n) is 24.7. The molecule has 5 heteroatoms. The Labute approximate surface area is 232 Å². The maximum Gasteiger partial charge on any atom is 0.0647 e. The van der Waals surface area contributed by atoms with E-state index in [-0.39, 0.29) is 12.2 Å². The van der Waals surface area contributed by atoms with Crippen molar-refractivity contribution in [3.63, 3.8) is 0 Å². The van der Waals surface area contributed by atoms with Crippen molar-refractivity contribution in [2.24, 2.45) is 0 Å². The molecular weight excluding hydrogens is 501 g/mol. The molecule has 0 bridgehead atoms. The van der Waals surface area contributed by atoms with Gasteiger partial charge in [0.05, 0.1) is 5.60 Å². The SMILES string of the molecule is CCCCCCCCCCC(O)(CCCCCCCCCC)CCCCCCCCCC[Si]12[Si]3[Si]1[Si]32. The van der Waals surface area contributed by atoms with E-state index in [1.165, 1.54) is 141 Å². The Morgan fingerprint density at radius 3 is 1.00 bits per heavy atom. The fraction of sp³-hybridized carbons (Fsp3) is 1.00. The highest BCUT2D eigenvalue weighted by molar-refractivity contribution is 8.80. The molecule has 0 aromatic rings. The summed E-state index contributed by atoms with van der Waals surface area (Å²) in [5, 5.41) is 11.5. The van der Waals surface area contributed by atoms with E-state index in [1.54, 1.807) is 12.8 Å². The van der Waals surface area contributed by atoms with Crippen LogP contribution in [-0.2, 0) is 0 Å². The molecule has 3 radical (unpaired) electrons. The number of aliphatic hydroxyl groups is 1. The van der Waals surface area contributed by atoms with Crippen LogP contribution in [0.3, 0.4) is 0 Å². The van der Waals surface area contributed by atoms with Crippen LogP contribution in [0.2, 0.25) is 6.04 Å². The molecule has 209 valence electrons. The van der Waals surface area contributed by atoms with Crippen LogP contribution >= 0.6 is 0 Å². The van der Waals surface area contributed by atoms with Gasteiger partial charge in [-0.15, -0.1) is 0 Å². The van der Waals surface area contributed by atoms with E-state index in [9.17, 15) is 5.11 Å². The van der Waals surface area contributed by atoms with Gasteiger partial charge < -0.3 is 5.11 Å². The summed E-state index contributed by atoms with van der Waals surface area (Å²) in [5.74, 6) is 0. The van der Waals surface area contributed by atoms with Gasteiger partial charge in [0.2, 0.25) is 0 Å². The van der Waals surface area contributed by atoms with E-state index in [0.717, 1.165) is 41.3 Å². The molecule has 0 atom stereocenters. The van der Waals surface area contributed by atoms with Gasteiger partial charge >= 0.3 is 0 Å². The van der Waals surface area contributed by atoms with Crippen LogP contribution in [0, 0.1) is 0 Å². The van der Waals surface area contributed by atoms with Crippen LogP contribution in [0.1, 0.15) is 187 Å². The van der Waals surface area contributed by atoms with Crippen LogP contribution in [-0.4, -0.2) is 39.4 Å². The number of rotatable bonds is 29. The molecule has 4 rings (SSSR count). The minimum Gasteiger partial charge on any atom is -0.390 e. The van der Waals surface area contributed by atoms with Gasteiger partial charge in [-0.1, -0.05) is 174 Å². The standard InChI is InChI=1S/C31H63OSi4/c1-3-5-7-9-11-15-19-23-27-31(32,28-24-20-16-12-10-8-6-4-2)29-25-21-17-13-14-18-22-26-30-36-33-34(36)35(33)36/h32H,3-30H2,1-2H3. The molecule has 0 spiro atoms. The average molecular weight is 564 g/mol. The van der Waals surface area contributed by atoms with Gasteiger partial charge in [0.25, 0.3) is 0 Å². The molecule has 4 saturated heterocycles. The Kier molecular flexibility index (Phi) is 15.2. The first-order valence-electron chi connectivity index (χ1n) is 17.1. The normalized spacial score (nSPS) is 18.1. The van der Waals surface area contributed by atoms with Gasteiger partial charge in [0, 0.05) is 28.7 Å². The molecule has 0 saturated carbocycles. The Hall–Kier alpha value is 0.828. The van der Waals surface area contributed by atoms with Crippen molar-refractivity contribution in [3.8, 4) is 0 Å². The summed E-state index contributed by atoms with van der Waals surface area (Å²) in [6.07, 6.45) is 36.9. The largest absolute Gasteiger partial charge is 0.390 e. The van der Waals surface area contributed by atoms with Crippen molar-refractivity contribution < 1.29 is 5.11 Å². The van der Waals surface area contributed by atoms with Crippen LogP contribution in [0.5, 0.6) is 0 Å². The molecule has 1 N–H and O–H groups in total. The summed E-state index contributed by atoms with van der Waals surface area (Å²) in [4.78, 5) is 0. The fourth-order valence-corrected chi connectivity index (χ4v) is 156. The molecule has 0 aliphatic carbocycles. The maximum absolute atomic E-state index is 11.5. The van der Waals surface area contributed by atoms with E-state index in [1.807, 2.05) is 6.04 Å². The van der Waals surface area contributed by atoms with Crippen LogP contribution in [0.4, 0.5) is 0 Å². The van der Waals surface area contributed by atoms with E-state index >= 15 is 0 Å². The van der Waals surface area contributed by atoms with E-state index in [4.69, 9.17) is 0 Å². The molecule has 0 aromatic heterocycles. The van der Waals surface area contributed by atoms with E-state index in [0.29, 0.717) is 0 Å². The second-order valence-corrected chi connectivity index (χ2v) is 56.8. The van der Waals surface area contributed by atoms with Crippen LogP contribution in [0.25, 0.3) is 0 Å². The first-order valence-corrected chi connectivity index (χ1v) is 29.8. The lowest BCUT2D eigenvalue weighted by Crippen LogP contribution is -2.28. The fourth-order valence-electron chi connectivity index (χ4n) is 6.79. The second-order valence-electron chi connectivity index (χ2n) is 13.0. The lowest BCUT2D eigenvalue weighted by atomic mass is 9.85. The summed E-state index contributed by atoms with van der Waals surface area (Å²) < 4.78 is 0. The molecule has 0 aromatic carbocycles. The highest BCUT2D eigenvalue weighted by Gasteiger charge is 3.10. The quantitative estimate of drug-likeness (QED) is 0.0709. The van der Waals surface area contributed by atoms with Crippen molar-refractivity contribution in [3.05, 3.63) is 0 Å². The number of hydrogen-bond donors (Lipinski definition) is 1. The number of unbranched alkanes of at least 4 members (excludes halogenated alkanes) is 21. The minimum absolute atomic E-state index is 0.0232. The van der Waals surface area contributed by atoms with Gasteiger partial charge in [0.15, 0.2) is 0 Å². The molecule has 4 heterocycles. The van der Waals surface area contributed by atoms with Crippen molar-refractivity contribution in [1.82, 2.24) is 0 Å². The molecule has 0 unspecified atom stereocenters. The summed E-state index contributed by atoms with van der Waals surface area (Å²) in [5.41, 5.74) is -0.355. The Balaban J connectivity index is 1.17. The van der Waals surface area contributed by atoms with E-state index < -0.39 is 0 Å². The van der Waals surface area contributed by atoms with Gasteiger partial charge in [0.1, 0.15) is 0 Å². The Bertz CT molecular complexity index is 523. The second kappa shape index (κ2) is 17.5. The van der Waals surface area contributed by atoms with Crippen LogP contribution in [0.15, 0.2) is 0 Å². The summed E-state index contributed by atoms with van der Waals surface area (Å²) in [6.45, 7) is 4.58. The molecule has 0 amide bonds. The smallest absolute Gasteiger partial charge is 0.0647 e. The van der Waals surface area contributed by atoms with E-state index in [2.05, 4.69) is 13.8 Å². The predicted molar refractivity (Wildman–Crippen MR) is 169 cm³/mol. The number of hydrogen-bond acceptors (Lipinski definition) is 1. The van der Waals surface area contributed by atoms with Gasteiger partial charge in [-0.05, 0) is 19.3 Å². The molecule has 4 fully saturated rings. The highest BCUT2D eigenvalue weighted by atomic mass is 31.1. The summed E-state index contributed by atoms with van der Waals surface area (Å²) >= 11 is 0. The van der Waals surface area contributed by atoms with Crippen molar-refractivity contribution in [2.75, 3.05) is 0 Å². The van der Waals surface area contributed by atoms with Crippen molar-refractivity contribution in [1.29, 1.82) is 0 Å². The predicted octanol–water partition coefficient (Wildman–Crippen LogP) is 9.73. The highest BCUT2D eigenvalue weighted by Crippen LogP contribution is 2.75. The Morgan fingerprint density at radius 2 is 0.694 bits per heavy atom. The molecule has 4 aliphatic rings. The topological polar surface area (TPSA) is 20.2 Å². The zero-order valence-corrected chi connectivity index (χ0v) is 28.7. The first kappa shape index (κ1) is 31.4. The van der Waals surface area contributed by atoms with Crippen molar-refractivity contribution in [2.45, 2.75) is 199 Å². The zero-order chi connectivity index (χ0) is 25.5. The average Bonchev–Trinajstić information content (AvgIpc) is 3.76. The molecule has 36 heavy (non-hydrogen) atoms. The minimum atomic E-state index is -0.355. The molecule has 1 nitrogen and oxygen atoms in total. The van der Waals surface area contributed by atoms with Gasteiger partial charge in [-0.2, -0.15) is 0 Å².